The number of nitrogens with zero attached hydrogens (tertiary/aromatic N) is 2. The fourth-order valence-electron chi connectivity index (χ4n) is 3.10. The third-order valence-electron chi connectivity index (χ3n) is 4.20. The number of hydrogen-bond donors (Lipinski definition) is 0. The van der Waals surface area contributed by atoms with Crippen molar-refractivity contribution in [3.05, 3.63) is 82.4 Å². The van der Waals surface area contributed by atoms with Gasteiger partial charge in [-0.1, -0.05) is 48.0 Å². The van der Waals surface area contributed by atoms with Crippen LogP contribution < -0.4 is 5.56 Å². The molecule has 0 fully saturated rings. The topological polar surface area (TPSA) is 34.9 Å². The van der Waals surface area contributed by atoms with E-state index in [2.05, 4.69) is 17.1 Å². The number of aryl methyl sites for hydroxylation is 2. The fraction of sp³-hybridized carbons (Fsp3) is 0.100. The van der Waals surface area contributed by atoms with E-state index in [1.807, 2.05) is 62.4 Å². The monoisotopic (exact) mass is 300 g/mol. The van der Waals surface area contributed by atoms with Gasteiger partial charge in [0.2, 0.25) is 0 Å². The highest BCUT2D eigenvalue weighted by Crippen LogP contribution is 2.22. The van der Waals surface area contributed by atoms with E-state index < -0.39 is 0 Å². The second kappa shape index (κ2) is 5.06. The van der Waals surface area contributed by atoms with E-state index in [1.54, 1.807) is 4.57 Å². The van der Waals surface area contributed by atoms with Crippen LogP contribution in [0.2, 0.25) is 0 Å². The van der Waals surface area contributed by atoms with Crippen LogP contribution >= 0.6 is 0 Å². The van der Waals surface area contributed by atoms with E-state index in [4.69, 9.17) is 0 Å². The molecule has 1 aromatic heterocycles. The van der Waals surface area contributed by atoms with Gasteiger partial charge in [-0.3, -0.25) is 9.36 Å². The molecule has 3 heteroatoms. The first-order valence-electron chi connectivity index (χ1n) is 7.63. The number of aromatic nitrogens is 2. The Labute approximate surface area is 133 Å². The van der Waals surface area contributed by atoms with Crippen LogP contribution in [0.25, 0.3) is 27.4 Å². The first kappa shape index (κ1) is 13.7. The first-order chi connectivity index (χ1) is 11.1. The van der Waals surface area contributed by atoms with Gasteiger partial charge in [-0.05, 0) is 37.4 Å². The number of fused-ring (bicyclic) bond motifs is 2. The molecule has 0 aliphatic rings. The third-order valence-corrected chi connectivity index (χ3v) is 4.20. The molecule has 0 spiro atoms. The SMILES string of the molecule is Cc1ccc2nc(C)n(-c3cccc4ccccc34)c(=O)c2c1. The highest BCUT2D eigenvalue weighted by Gasteiger charge is 2.12. The quantitative estimate of drug-likeness (QED) is 0.529. The van der Waals surface area contributed by atoms with Crippen LogP contribution in [0.4, 0.5) is 0 Å². The average Bonchev–Trinajstić information content (AvgIpc) is 2.56. The molecule has 0 radical (unpaired) electrons. The molecule has 112 valence electrons. The molecule has 0 unspecified atom stereocenters. The fourth-order valence-corrected chi connectivity index (χ4v) is 3.10. The van der Waals surface area contributed by atoms with E-state index in [-0.39, 0.29) is 5.56 Å². The summed E-state index contributed by atoms with van der Waals surface area (Å²) in [5.74, 6) is 0.697. The van der Waals surface area contributed by atoms with Crippen molar-refractivity contribution in [3.63, 3.8) is 0 Å². The zero-order valence-electron chi connectivity index (χ0n) is 13.1. The Morgan fingerprint density at radius 2 is 1.65 bits per heavy atom. The minimum absolute atomic E-state index is 0.0208. The summed E-state index contributed by atoms with van der Waals surface area (Å²) in [6.07, 6.45) is 0. The molecule has 1 heterocycles. The molecule has 3 aromatic carbocycles. The molecule has 0 N–H and O–H groups in total. The van der Waals surface area contributed by atoms with Gasteiger partial charge in [0.1, 0.15) is 5.82 Å². The van der Waals surface area contributed by atoms with Gasteiger partial charge in [0.25, 0.3) is 5.56 Å². The summed E-state index contributed by atoms with van der Waals surface area (Å²) in [5, 5.41) is 2.82. The minimum atomic E-state index is -0.0208. The van der Waals surface area contributed by atoms with Crippen LogP contribution in [0.5, 0.6) is 0 Å². The Morgan fingerprint density at radius 1 is 0.870 bits per heavy atom. The van der Waals surface area contributed by atoms with E-state index >= 15 is 0 Å². The summed E-state index contributed by atoms with van der Waals surface area (Å²) in [5.41, 5.74) is 2.66. The maximum Gasteiger partial charge on any atom is 0.265 e. The van der Waals surface area contributed by atoms with E-state index in [1.165, 1.54) is 0 Å². The second-order valence-corrected chi connectivity index (χ2v) is 5.82. The summed E-state index contributed by atoms with van der Waals surface area (Å²) in [6, 6.07) is 19.9. The van der Waals surface area contributed by atoms with Gasteiger partial charge < -0.3 is 0 Å². The lowest BCUT2D eigenvalue weighted by atomic mass is 10.1. The van der Waals surface area contributed by atoms with Crippen LogP contribution in [0.15, 0.2) is 65.5 Å². The van der Waals surface area contributed by atoms with Crippen LogP contribution in [0, 0.1) is 13.8 Å². The maximum absolute atomic E-state index is 13.1. The van der Waals surface area contributed by atoms with Gasteiger partial charge >= 0.3 is 0 Å². The van der Waals surface area contributed by atoms with Crippen molar-refractivity contribution in [2.45, 2.75) is 13.8 Å². The molecule has 0 aliphatic carbocycles. The van der Waals surface area contributed by atoms with Crippen molar-refractivity contribution in [1.29, 1.82) is 0 Å². The minimum Gasteiger partial charge on any atom is -0.268 e. The Hall–Kier alpha value is -2.94. The summed E-state index contributed by atoms with van der Waals surface area (Å²) in [7, 11) is 0. The van der Waals surface area contributed by atoms with Crippen LogP contribution in [0.1, 0.15) is 11.4 Å². The largest absolute Gasteiger partial charge is 0.268 e. The van der Waals surface area contributed by atoms with Gasteiger partial charge in [-0.25, -0.2) is 4.98 Å². The number of rotatable bonds is 1. The lowest BCUT2D eigenvalue weighted by Gasteiger charge is -2.13. The predicted octanol–water partition coefficient (Wildman–Crippen LogP) is 4.16. The molecular formula is C20H16N2O. The number of hydrogen-bond acceptors (Lipinski definition) is 2. The second-order valence-electron chi connectivity index (χ2n) is 5.82. The van der Waals surface area contributed by atoms with Crippen molar-refractivity contribution in [3.8, 4) is 5.69 Å². The Kier molecular flexibility index (Phi) is 3.01. The molecule has 23 heavy (non-hydrogen) atoms. The van der Waals surface area contributed by atoms with Crippen LogP contribution in [0.3, 0.4) is 0 Å². The van der Waals surface area contributed by atoms with Crippen LogP contribution in [-0.2, 0) is 0 Å². The normalized spacial score (nSPS) is 11.2. The van der Waals surface area contributed by atoms with Crippen molar-refractivity contribution < 1.29 is 0 Å². The zero-order chi connectivity index (χ0) is 16.0. The smallest absolute Gasteiger partial charge is 0.265 e. The highest BCUT2D eigenvalue weighted by atomic mass is 16.1. The van der Waals surface area contributed by atoms with E-state index in [0.717, 1.165) is 27.5 Å². The standard InChI is InChI=1S/C20H16N2O/c1-13-10-11-18-17(12-13)20(23)22(14(2)21-18)19-9-5-7-15-6-3-4-8-16(15)19/h3-12H,1-2H3. The van der Waals surface area contributed by atoms with Crippen LogP contribution in [-0.4, -0.2) is 9.55 Å². The molecule has 0 amide bonds. The van der Waals surface area contributed by atoms with E-state index in [0.29, 0.717) is 11.2 Å². The molecule has 0 atom stereocenters. The first-order valence-corrected chi connectivity index (χ1v) is 7.63. The van der Waals surface area contributed by atoms with Gasteiger partial charge in [0.05, 0.1) is 16.6 Å². The summed E-state index contributed by atoms with van der Waals surface area (Å²) < 4.78 is 1.71. The highest BCUT2D eigenvalue weighted by molar-refractivity contribution is 5.90. The zero-order valence-corrected chi connectivity index (χ0v) is 13.1. The lowest BCUT2D eigenvalue weighted by molar-refractivity contribution is 0.901. The third kappa shape index (κ3) is 2.13. The van der Waals surface area contributed by atoms with Crippen molar-refractivity contribution >= 4 is 21.7 Å². The maximum atomic E-state index is 13.1. The molecule has 0 saturated heterocycles. The Balaban J connectivity index is 2.15. The van der Waals surface area contributed by atoms with Gasteiger partial charge in [-0.2, -0.15) is 0 Å². The van der Waals surface area contributed by atoms with Crippen molar-refractivity contribution in [2.75, 3.05) is 0 Å². The molecule has 0 aliphatic heterocycles. The van der Waals surface area contributed by atoms with Gasteiger partial charge in [-0.15, -0.1) is 0 Å². The predicted molar refractivity (Wildman–Crippen MR) is 94.3 cm³/mol. The van der Waals surface area contributed by atoms with Crippen molar-refractivity contribution in [1.82, 2.24) is 9.55 Å². The van der Waals surface area contributed by atoms with E-state index in [9.17, 15) is 4.79 Å². The molecular weight excluding hydrogens is 284 g/mol. The number of benzene rings is 3. The Morgan fingerprint density at radius 3 is 2.52 bits per heavy atom. The average molecular weight is 300 g/mol. The summed E-state index contributed by atoms with van der Waals surface area (Å²) >= 11 is 0. The van der Waals surface area contributed by atoms with Gasteiger partial charge in [0.15, 0.2) is 0 Å². The molecule has 0 saturated carbocycles. The molecule has 4 aromatic rings. The Bertz CT molecular complexity index is 1100. The lowest BCUT2D eigenvalue weighted by Crippen LogP contribution is -2.22. The molecule has 3 nitrogen and oxygen atoms in total. The van der Waals surface area contributed by atoms with Gasteiger partial charge in [0, 0.05) is 5.39 Å². The van der Waals surface area contributed by atoms with Crippen molar-refractivity contribution in [2.24, 2.45) is 0 Å². The molecule has 4 rings (SSSR count). The summed E-state index contributed by atoms with van der Waals surface area (Å²) in [4.78, 5) is 17.7. The molecule has 0 bridgehead atoms. The summed E-state index contributed by atoms with van der Waals surface area (Å²) in [6.45, 7) is 3.86.